The van der Waals surface area contributed by atoms with Gasteiger partial charge >= 0.3 is 6.18 Å². The van der Waals surface area contributed by atoms with Crippen LogP contribution in [-0.4, -0.2) is 45.1 Å². The molecule has 1 unspecified atom stereocenters. The van der Waals surface area contributed by atoms with E-state index < -0.39 is 17.6 Å². The first kappa shape index (κ1) is 20.5. The van der Waals surface area contributed by atoms with Gasteiger partial charge in [0.1, 0.15) is 0 Å². The smallest absolute Gasteiger partial charge is 0.376 e. The monoisotopic (exact) mass is 436 g/mol. The summed E-state index contributed by atoms with van der Waals surface area (Å²) in [4.78, 5) is 15.7. The second kappa shape index (κ2) is 8.57. The van der Waals surface area contributed by atoms with E-state index >= 15 is 0 Å². The van der Waals surface area contributed by atoms with Gasteiger partial charge in [0.25, 0.3) is 5.91 Å². The molecule has 158 valence electrons. The zero-order valence-electron chi connectivity index (χ0n) is 15.9. The average molecular weight is 436 g/mol. The number of aromatic nitrogens is 3. The molecule has 10 heteroatoms. The summed E-state index contributed by atoms with van der Waals surface area (Å²) in [6, 6.07) is 8.88. The Morgan fingerprint density at radius 2 is 2.10 bits per heavy atom. The van der Waals surface area contributed by atoms with E-state index in [1.165, 1.54) is 35.7 Å². The number of ether oxygens (including phenoxy) is 1. The summed E-state index contributed by atoms with van der Waals surface area (Å²) in [5.74, 6) is -0.394. The van der Waals surface area contributed by atoms with Crippen molar-refractivity contribution in [3.8, 4) is 5.69 Å². The fraction of sp³-hybridized carbons (Fsp3) is 0.350. The van der Waals surface area contributed by atoms with Gasteiger partial charge in [0, 0.05) is 18.0 Å². The van der Waals surface area contributed by atoms with Gasteiger partial charge in [-0.1, -0.05) is 23.4 Å². The minimum Gasteiger partial charge on any atom is -0.376 e. The number of carbonyl (C=O) groups is 1. The SMILES string of the molecule is O=C(c1cn(-c2ccccc2C(F)(F)F)nn1)N(Cc1cccs1)CC1CCCO1. The minimum absolute atomic E-state index is 0.0125. The molecule has 1 aliphatic heterocycles. The zero-order valence-corrected chi connectivity index (χ0v) is 16.7. The van der Waals surface area contributed by atoms with E-state index in [0.29, 0.717) is 19.7 Å². The molecule has 6 nitrogen and oxygen atoms in total. The second-order valence-corrected chi connectivity index (χ2v) is 8.00. The van der Waals surface area contributed by atoms with Crippen LogP contribution < -0.4 is 0 Å². The molecule has 1 saturated heterocycles. The Kier molecular flexibility index (Phi) is 5.87. The highest BCUT2D eigenvalue weighted by Crippen LogP contribution is 2.33. The molecule has 0 spiro atoms. The average Bonchev–Trinajstić information content (AvgIpc) is 3.49. The molecule has 2 aromatic heterocycles. The highest BCUT2D eigenvalue weighted by molar-refractivity contribution is 7.09. The third kappa shape index (κ3) is 4.54. The molecule has 1 aromatic carbocycles. The van der Waals surface area contributed by atoms with Crippen LogP contribution in [0, 0.1) is 0 Å². The lowest BCUT2D eigenvalue weighted by Gasteiger charge is -2.24. The van der Waals surface area contributed by atoms with E-state index in [9.17, 15) is 18.0 Å². The maximum absolute atomic E-state index is 13.3. The van der Waals surface area contributed by atoms with Crippen molar-refractivity contribution in [3.63, 3.8) is 0 Å². The van der Waals surface area contributed by atoms with Gasteiger partial charge in [0.05, 0.1) is 30.1 Å². The Balaban J connectivity index is 1.59. The molecule has 1 aliphatic rings. The van der Waals surface area contributed by atoms with Gasteiger partial charge in [-0.15, -0.1) is 16.4 Å². The highest BCUT2D eigenvalue weighted by atomic mass is 32.1. The number of para-hydroxylation sites is 1. The molecule has 1 amide bonds. The van der Waals surface area contributed by atoms with Crippen LogP contribution in [0.3, 0.4) is 0 Å². The number of hydrogen-bond acceptors (Lipinski definition) is 5. The van der Waals surface area contributed by atoms with Crippen molar-refractivity contribution in [2.24, 2.45) is 0 Å². The highest BCUT2D eigenvalue weighted by Gasteiger charge is 2.34. The third-order valence-electron chi connectivity index (χ3n) is 4.83. The van der Waals surface area contributed by atoms with Gasteiger partial charge in [-0.25, -0.2) is 4.68 Å². The van der Waals surface area contributed by atoms with Gasteiger partial charge in [-0.3, -0.25) is 4.79 Å². The topological polar surface area (TPSA) is 60.2 Å². The number of alkyl halides is 3. The Morgan fingerprint density at radius 3 is 2.80 bits per heavy atom. The lowest BCUT2D eigenvalue weighted by molar-refractivity contribution is -0.137. The number of benzene rings is 1. The number of carbonyl (C=O) groups excluding carboxylic acids is 1. The Bertz CT molecular complexity index is 998. The summed E-state index contributed by atoms with van der Waals surface area (Å²) in [5, 5.41) is 9.57. The maximum Gasteiger partial charge on any atom is 0.418 e. The summed E-state index contributed by atoms with van der Waals surface area (Å²) < 4.78 is 46.6. The predicted octanol–water partition coefficient (Wildman–Crippen LogP) is 4.17. The van der Waals surface area contributed by atoms with E-state index in [4.69, 9.17) is 4.74 Å². The molecule has 0 N–H and O–H groups in total. The largest absolute Gasteiger partial charge is 0.418 e. The number of halogens is 3. The van der Waals surface area contributed by atoms with Crippen molar-refractivity contribution >= 4 is 17.2 Å². The molecule has 4 rings (SSSR count). The van der Waals surface area contributed by atoms with Crippen molar-refractivity contribution in [1.29, 1.82) is 0 Å². The molecule has 3 heterocycles. The van der Waals surface area contributed by atoms with Crippen LogP contribution in [0.1, 0.15) is 33.8 Å². The predicted molar refractivity (Wildman–Crippen MR) is 104 cm³/mol. The lowest BCUT2D eigenvalue weighted by Crippen LogP contribution is -2.37. The fourth-order valence-corrected chi connectivity index (χ4v) is 4.12. The van der Waals surface area contributed by atoms with Crippen molar-refractivity contribution in [3.05, 3.63) is 64.1 Å². The Hall–Kier alpha value is -2.72. The molecule has 0 saturated carbocycles. The van der Waals surface area contributed by atoms with E-state index in [-0.39, 0.29) is 17.5 Å². The number of nitrogens with zero attached hydrogens (tertiary/aromatic N) is 4. The van der Waals surface area contributed by atoms with Crippen LogP contribution in [0.5, 0.6) is 0 Å². The molecule has 0 aliphatic carbocycles. The molecule has 1 atom stereocenters. The summed E-state index contributed by atoms with van der Waals surface area (Å²) >= 11 is 1.53. The van der Waals surface area contributed by atoms with Crippen LogP contribution in [-0.2, 0) is 17.5 Å². The van der Waals surface area contributed by atoms with Crippen molar-refractivity contribution in [1.82, 2.24) is 19.9 Å². The molecule has 1 fully saturated rings. The summed E-state index contributed by atoms with van der Waals surface area (Å²) in [6.45, 7) is 1.43. The number of thiophene rings is 1. The first-order valence-corrected chi connectivity index (χ1v) is 10.3. The normalized spacial score (nSPS) is 16.7. The quantitative estimate of drug-likeness (QED) is 0.582. The molecule has 30 heavy (non-hydrogen) atoms. The third-order valence-corrected chi connectivity index (χ3v) is 5.69. The molecule has 0 radical (unpaired) electrons. The van der Waals surface area contributed by atoms with E-state index in [1.807, 2.05) is 17.5 Å². The van der Waals surface area contributed by atoms with E-state index in [2.05, 4.69) is 10.3 Å². The van der Waals surface area contributed by atoms with Gasteiger partial charge in [-0.2, -0.15) is 13.2 Å². The first-order valence-electron chi connectivity index (χ1n) is 9.44. The van der Waals surface area contributed by atoms with Gasteiger partial charge in [0.15, 0.2) is 5.69 Å². The van der Waals surface area contributed by atoms with Crippen molar-refractivity contribution in [2.45, 2.75) is 31.7 Å². The van der Waals surface area contributed by atoms with Crippen LogP contribution in [0.25, 0.3) is 5.69 Å². The lowest BCUT2D eigenvalue weighted by atomic mass is 10.1. The second-order valence-electron chi connectivity index (χ2n) is 6.96. The zero-order chi connectivity index (χ0) is 21.1. The summed E-state index contributed by atoms with van der Waals surface area (Å²) in [6.07, 6.45) is -1.56. The summed E-state index contributed by atoms with van der Waals surface area (Å²) in [7, 11) is 0. The first-order chi connectivity index (χ1) is 14.4. The Morgan fingerprint density at radius 1 is 1.27 bits per heavy atom. The van der Waals surface area contributed by atoms with Gasteiger partial charge in [0.2, 0.25) is 0 Å². The van der Waals surface area contributed by atoms with Crippen LogP contribution in [0.2, 0.25) is 0 Å². The number of rotatable bonds is 6. The van der Waals surface area contributed by atoms with Crippen LogP contribution >= 0.6 is 11.3 Å². The molecular weight excluding hydrogens is 417 g/mol. The Labute approximate surface area is 174 Å². The van der Waals surface area contributed by atoms with Crippen molar-refractivity contribution in [2.75, 3.05) is 13.2 Å². The van der Waals surface area contributed by atoms with Gasteiger partial charge < -0.3 is 9.64 Å². The van der Waals surface area contributed by atoms with Crippen LogP contribution in [0.4, 0.5) is 13.2 Å². The molecule has 0 bridgehead atoms. The molecule has 3 aromatic rings. The van der Waals surface area contributed by atoms with E-state index in [1.54, 1.807) is 4.90 Å². The van der Waals surface area contributed by atoms with E-state index in [0.717, 1.165) is 28.5 Å². The maximum atomic E-state index is 13.3. The fourth-order valence-electron chi connectivity index (χ4n) is 3.40. The summed E-state index contributed by atoms with van der Waals surface area (Å²) in [5.41, 5.74) is -1.04. The number of hydrogen-bond donors (Lipinski definition) is 0. The van der Waals surface area contributed by atoms with Crippen molar-refractivity contribution < 1.29 is 22.7 Å². The van der Waals surface area contributed by atoms with Gasteiger partial charge in [-0.05, 0) is 36.4 Å². The molecular formula is C20H19F3N4O2S. The standard InChI is InChI=1S/C20H19F3N4O2S/c21-20(22,23)16-7-1-2-8-18(16)27-13-17(24-25-27)19(28)26(11-14-5-3-9-29-14)12-15-6-4-10-30-15/h1-2,4,6-8,10,13-14H,3,5,9,11-12H2. The minimum atomic E-state index is -4.54. The number of amides is 1. The van der Waals surface area contributed by atoms with Crippen LogP contribution in [0.15, 0.2) is 48.0 Å².